The Hall–Kier alpha value is -3.41. The summed E-state index contributed by atoms with van der Waals surface area (Å²) in [4.78, 5) is 40.4. The van der Waals surface area contributed by atoms with E-state index in [9.17, 15) is 14.4 Å². The zero-order valence-corrected chi connectivity index (χ0v) is 20.5. The molecule has 6 nitrogen and oxygen atoms in total. The third-order valence-electron chi connectivity index (χ3n) is 6.23. The molecule has 0 radical (unpaired) electrons. The number of esters is 1. The number of nitrogens with one attached hydrogen (secondary N) is 1. The topological polar surface area (TPSA) is 75.7 Å². The fourth-order valence-corrected chi connectivity index (χ4v) is 4.39. The first-order valence-electron chi connectivity index (χ1n) is 12.0. The second-order valence-electron chi connectivity index (χ2n) is 8.62. The van der Waals surface area contributed by atoms with Crippen LogP contribution in [0.1, 0.15) is 73.0 Å². The minimum atomic E-state index is -0.394. The van der Waals surface area contributed by atoms with Crippen molar-refractivity contribution in [2.45, 2.75) is 59.4 Å². The number of carbonyl (C=O) groups excluding carboxylic acids is 3. The van der Waals surface area contributed by atoms with Gasteiger partial charge in [0.15, 0.2) is 0 Å². The summed E-state index contributed by atoms with van der Waals surface area (Å²) in [6.45, 7) is 8.82. The summed E-state index contributed by atoms with van der Waals surface area (Å²) >= 11 is 0. The Bertz CT molecular complexity index is 1090. The zero-order valence-electron chi connectivity index (χ0n) is 20.5. The third-order valence-corrected chi connectivity index (χ3v) is 6.23. The summed E-state index contributed by atoms with van der Waals surface area (Å²) in [7, 11) is 0. The van der Waals surface area contributed by atoms with Gasteiger partial charge >= 0.3 is 5.97 Å². The van der Waals surface area contributed by atoms with E-state index in [1.54, 1.807) is 30.9 Å². The summed E-state index contributed by atoms with van der Waals surface area (Å²) in [6.07, 6.45) is 2.12. The van der Waals surface area contributed by atoms with Crippen molar-refractivity contribution in [3.05, 3.63) is 82.1 Å². The van der Waals surface area contributed by atoms with Crippen molar-refractivity contribution < 1.29 is 19.1 Å². The van der Waals surface area contributed by atoms with Crippen LogP contribution in [0.15, 0.2) is 59.8 Å². The van der Waals surface area contributed by atoms with Gasteiger partial charge in [0.1, 0.15) is 0 Å². The summed E-state index contributed by atoms with van der Waals surface area (Å²) in [5, 5.41) is 2.92. The average molecular weight is 463 g/mol. The highest BCUT2D eigenvalue weighted by Gasteiger charge is 2.37. The SMILES string of the molecule is CCCCNC(=O)c1cccc(CN2C(=O)CC(c3ccccc3C)C(C(=O)OCC)=C2C)c1. The van der Waals surface area contributed by atoms with Gasteiger partial charge in [-0.25, -0.2) is 4.79 Å². The molecule has 0 aliphatic carbocycles. The van der Waals surface area contributed by atoms with Crippen LogP contribution in [0.2, 0.25) is 0 Å². The Kier molecular flexibility index (Phi) is 8.63. The van der Waals surface area contributed by atoms with Crippen LogP contribution in [0.3, 0.4) is 0 Å². The number of ether oxygens (including phenoxy) is 1. The van der Waals surface area contributed by atoms with E-state index in [0.29, 0.717) is 23.4 Å². The highest BCUT2D eigenvalue weighted by molar-refractivity contribution is 5.96. The molecule has 2 aromatic rings. The lowest BCUT2D eigenvalue weighted by Crippen LogP contribution is -2.38. The third kappa shape index (κ3) is 5.74. The highest BCUT2D eigenvalue weighted by atomic mass is 16.5. The predicted octanol–water partition coefficient (Wildman–Crippen LogP) is 4.88. The molecule has 1 aliphatic rings. The van der Waals surface area contributed by atoms with Crippen molar-refractivity contribution in [3.63, 3.8) is 0 Å². The van der Waals surface area contributed by atoms with Gasteiger partial charge in [0.2, 0.25) is 5.91 Å². The van der Waals surface area contributed by atoms with Crippen LogP contribution in [0.5, 0.6) is 0 Å². The number of carbonyl (C=O) groups is 3. The largest absolute Gasteiger partial charge is 0.463 e. The number of rotatable bonds is 9. The fourth-order valence-electron chi connectivity index (χ4n) is 4.39. The smallest absolute Gasteiger partial charge is 0.336 e. The molecule has 1 N–H and O–H groups in total. The van der Waals surface area contributed by atoms with E-state index in [1.807, 2.05) is 43.3 Å². The van der Waals surface area contributed by atoms with Crippen LogP contribution < -0.4 is 5.32 Å². The van der Waals surface area contributed by atoms with Crippen LogP contribution in [0, 0.1) is 6.92 Å². The number of aryl methyl sites for hydroxylation is 1. The van der Waals surface area contributed by atoms with Crippen molar-refractivity contribution in [2.24, 2.45) is 0 Å². The van der Waals surface area contributed by atoms with E-state index in [1.165, 1.54) is 0 Å². The van der Waals surface area contributed by atoms with Crippen LogP contribution >= 0.6 is 0 Å². The van der Waals surface area contributed by atoms with E-state index in [4.69, 9.17) is 4.74 Å². The van der Waals surface area contributed by atoms with Gasteiger partial charge in [-0.2, -0.15) is 0 Å². The number of unbranched alkanes of at least 4 members (excludes halogenated alkanes) is 1. The lowest BCUT2D eigenvalue weighted by atomic mass is 9.81. The quantitative estimate of drug-likeness (QED) is 0.426. The predicted molar refractivity (Wildman–Crippen MR) is 132 cm³/mol. The maximum atomic E-state index is 13.3. The Morgan fingerprint density at radius 1 is 1.09 bits per heavy atom. The van der Waals surface area contributed by atoms with Gasteiger partial charge in [0.05, 0.1) is 18.7 Å². The average Bonchev–Trinajstić information content (AvgIpc) is 2.82. The molecule has 0 fully saturated rings. The minimum absolute atomic E-state index is 0.0587. The van der Waals surface area contributed by atoms with Crippen molar-refractivity contribution in [3.8, 4) is 0 Å². The van der Waals surface area contributed by atoms with E-state index >= 15 is 0 Å². The summed E-state index contributed by atoms with van der Waals surface area (Å²) in [5.41, 5.74) is 4.50. The first-order valence-corrected chi connectivity index (χ1v) is 12.0. The first kappa shape index (κ1) is 25.2. The molecule has 1 atom stereocenters. The Labute approximate surface area is 202 Å². The molecule has 0 spiro atoms. The maximum absolute atomic E-state index is 13.3. The highest BCUT2D eigenvalue weighted by Crippen LogP contribution is 2.38. The molecule has 0 bridgehead atoms. The fraction of sp³-hybridized carbons (Fsp3) is 0.393. The van der Waals surface area contributed by atoms with Crippen LogP contribution in [-0.4, -0.2) is 35.8 Å². The molecule has 180 valence electrons. The molecular weight excluding hydrogens is 428 g/mol. The van der Waals surface area contributed by atoms with E-state index in [-0.39, 0.29) is 37.3 Å². The van der Waals surface area contributed by atoms with Crippen molar-refractivity contribution in [1.82, 2.24) is 10.2 Å². The number of nitrogens with zero attached hydrogens (tertiary/aromatic N) is 1. The summed E-state index contributed by atoms with van der Waals surface area (Å²) < 4.78 is 5.39. The molecule has 0 aromatic heterocycles. The van der Waals surface area contributed by atoms with Gasteiger partial charge in [-0.1, -0.05) is 49.7 Å². The number of allylic oxidation sites excluding steroid dienone is 1. The van der Waals surface area contributed by atoms with Crippen LogP contribution in [0.25, 0.3) is 0 Å². The molecule has 34 heavy (non-hydrogen) atoms. The Morgan fingerprint density at radius 2 is 1.85 bits per heavy atom. The lowest BCUT2D eigenvalue weighted by molar-refractivity contribution is -0.140. The number of amides is 2. The Balaban J connectivity index is 1.92. The first-order chi connectivity index (χ1) is 16.4. The standard InChI is InChI=1S/C28H34N2O4/c1-5-7-15-29-27(32)22-13-10-12-21(16-22)18-30-20(4)26(28(33)34-6-2)24(17-25(30)31)23-14-9-8-11-19(23)3/h8-14,16,24H,5-7,15,17-18H2,1-4H3,(H,29,32). The monoisotopic (exact) mass is 462 g/mol. The minimum Gasteiger partial charge on any atom is -0.463 e. The molecule has 0 saturated heterocycles. The Morgan fingerprint density at radius 3 is 2.56 bits per heavy atom. The number of benzene rings is 2. The van der Waals surface area contributed by atoms with Crippen molar-refractivity contribution in [2.75, 3.05) is 13.2 Å². The molecule has 1 aliphatic heterocycles. The van der Waals surface area contributed by atoms with Gasteiger partial charge in [0, 0.05) is 30.1 Å². The molecule has 2 aromatic carbocycles. The second-order valence-corrected chi connectivity index (χ2v) is 8.62. The van der Waals surface area contributed by atoms with Crippen molar-refractivity contribution >= 4 is 17.8 Å². The van der Waals surface area contributed by atoms with Gasteiger partial charge in [-0.3, -0.25) is 9.59 Å². The number of hydrogen-bond donors (Lipinski definition) is 1. The van der Waals surface area contributed by atoms with Gasteiger partial charge in [0.25, 0.3) is 5.91 Å². The van der Waals surface area contributed by atoms with E-state index in [2.05, 4.69) is 12.2 Å². The van der Waals surface area contributed by atoms with Gasteiger partial charge in [-0.15, -0.1) is 0 Å². The summed E-state index contributed by atoms with van der Waals surface area (Å²) in [5.74, 6) is -0.926. The van der Waals surface area contributed by atoms with Gasteiger partial charge < -0.3 is 15.0 Å². The van der Waals surface area contributed by atoms with Crippen LogP contribution in [-0.2, 0) is 20.9 Å². The molecule has 1 heterocycles. The zero-order chi connectivity index (χ0) is 24.7. The normalized spacial score (nSPS) is 15.9. The molecule has 2 amide bonds. The number of hydrogen-bond acceptors (Lipinski definition) is 4. The van der Waals surface area contributed by atoms with Crippen LogP contribution in [0.4, 0.5) is 0 Å². The van der Waals surface area contributed by atoms with E-state index < -0.39 is 5.97 Å². The molecular formula is C28H34N2O4. The molecule has 1 unspecified atom stereocenters. The van der Waals surface area contributed by atoms with Crippen molar-refractivity contribution in [1.29, 1.82) is 0 Å². The molecule has 6 heteroatoms. The summed E-state index contributed by atoms with van der Waals surface area (Å²) in [6, 6.07) is 15.1. The van der Waals surface area contributed by atoms with Gasteiger partial charge in [-0.05, 0) is 56.0 Å². The molecule has 0 saturated carbocycles. The second kappa shape index (κ2) is 11.6. The lowest BCUT2D eigenvalue weighted by Gasteiger charge is -2.35. The maximum Gasteiger partial charge on any atom is 0.336 e. The molecule has 3 rings (SSSR count). The van der Waals surface area contributed by atoms with E-state index in [0.717, 1.165) is 29.5 Å².